The molecule has 0 saturated heterocycles. The van der Waals surface area contributed by atoms with Crippen LogP contribution in [0.25, 0.3) is 0 Å². The van der Waals surface area contributed by atoms with Crippen molar-refractivity contribution in [2.75, 3.05) is 11.9 Å². The number of carbonyl (C=O) groups excluding carboxylic acids is 1. The highest BCUT2D eigenvalue weighted by molar-refractivity contribution is 14.1. The number of hydrogen-bond donors (Lipinski definition) is 0. The fourth-order valence-corrected chi connectivity index (χ4v) is 1.23. The first kappa shape index (κ1) is 10.3. The fraction of sp³-hybridized carbons (Fsp3) is 0.111. The van der Waals surface area contributed by atoms with Crippen LogP contribution in [0.1, 0.15) is 0 Å². The van der Waals surface area contributed by atoms with Crippen molar-refractivity contribution in [2.24, 2.45) is 0 Å². The molecule has 0 aliphatic heterocycles. The van der Waals surface area contributed by atoms with Crippen LogP contribution < -0.4 is 4.90 Å². The molecular weight excluding hydrogens is 281 g/mol. The van der Waals surface area contributed by atoms with Crippen molar-refractivity contribution in [1.82, 2.24) is 0 Å². The lowest BCUT2D eigenvalue weighted by Crippen LogP contribution is -2.25. The first-order valence-corrected chi connectivity index (χ1v) is 4.68. The van der Waals surface area contributed by atoms with Crippen LogP contribution in [0.5, 0.6) is 0 Å². The summed E-state index contributed by atoms with van der Waals surface area (Å²) in [5.41, 5.74) is 0.786. The van der Waals surface area contributed by atoms with E-state index >= 15 is 0 Å². The minimum absolute atomic E-state index is 0.471. The maximum atomic E-state index is 11.0. The monoisotopic (exact) mass is 290 g/mol. The quantitative estimate of drug-likeness (QED) is 0.744. The number of halogens is 1. The first-order valence-electron chi connectivity index (χ1n) is 3.60. The third-order valence-electron chi connectivity index (χ3n) is 1.61. The van der Waals surface area contributed by atoms with Gasteiger partial charge < -0.3 is 4.74 Å². The summed E-state index contributed by atoms with van der Waals surface area (Å²) in [6.07, 6.45) is -0.471. The molecule has 1 radical (unpaired) electrons. The van der Waals surface area contributed by atoms with E-state index in [2.05, 4.69) is 34.4 Å². The number of benzene rings is 1. The molecule has 0 fully saturated rings. The molecule has 0 atom stereocenters. The van der Waals surface area contributed by atoms with Crippen LogP contribution >= 0.6 is 22.6 Å². The topological polar surface area (TPSA) is 29.5 Å². The summed E-state index contributed by atoms with van der Waals surface area (Å²) in [6, 6.07) is 7.53. The van der Waals surface area contributed by atoms with Gasteiger partial charge in [-0.25, -0.2) is 4.79 Å². The number of carbonyl (C=O) groups is 1. The third kappa shape index (κ3) is 2.58. The first-order chi connectivity index (χ1) is 6.15. The zero-order valence-electron chi connectivity index (χ0n) is 7.16. The van der Waals surface area contributed by atoms with E-state index in [1.807, 2.05) is 24.3 Å². The maximum absolute atomic E-state index is 11.0. The third-order valence-corrected chi connectivity index (χ3v) is 2.33. The Labute approximate surface area is 90.8 Å². The number of anilines is 1. The van der Waals surface area contributed by atoms with Gasteiger partial charge in [-0.3, -0.25) is 4.90 Å². The lowest BCUT2D eigenvalue weighted by molar-refractivity contribution is 0.192. The van der Waals surface area contributed by atoms with Gasteiger partial charge in [-0.2, -0.15) is 0 Å². The molecule has 1 amide bonds. The van der Waals surface area contributed by atoms with Crippen molar-refractivity contribution in [3.8, 4) is 0 Å². The van der Waals surface area contributed by atoms with Crippen LogP contribution in [0.15, 0.2) is 24.3 Å². The minimum Gasteiger partial charge on any atom is -0.446 e. The zero-order valence-corrected chi connectivity index (χ0v) is 9.32. The smallest absolute Gasteiger partial charge is 0.414 e. The summed E-state index contributed by atoms with van der Waals surface area (Å²) in [6.45, 7) is 0. The number of rotatable bonds is 1. The molecule has 0 spiro atoms. The Balaban J connectivity index is 2.83. The van der Waals surface area contributed by atoms with Gasteiger partial charge in [0.2, 0.25) is 0 Å². The van der Waals surface area contributed by atoms with Gasteiger partial charge in [0.25, 0.3) is 0 Å². The van der Waals surface area contributed by atoms with Gasteiger partial charge in [-0.05, 0) is 46.9 Å². The van der Waals surface area contributed by atoms with Crippen molar-refractivity contribution < 1.29 is 9.53 Å². The Morgan fingerprint density at radius 1 is 1.46 bits per heavy atom. The highest BCUT2D eigenvalue weighted by atomic mass is 127. The molecule has 69 valence electrons. The highest BCUT2D eigenvalue weighted by Crippen LogP contribution is 2.15. The number of ether oxygens (including phenoxy) is 1. The predicted molar refractivity (Wildman–Crippen MR) is 59.4 cm³/mol. The summed E-state index contributed by atoms with van der Waals surface area (Å²) in [5, 5.41) is 0. The molecule has 13 heavy (non-hydrogen) atoms. The Bertz CT molecular complexity index is 297. The fourth-order valence-electron chi connectivity index (χ4n) is 0.867. The standard InChI is InChI=1S/C9H9INO2/c1-11(9(12)13-2)8-5-3-7(10)4-6-8/h3-6H,2H2,1H3. The Morgan fingerprint density at radius 3 is 2.46 bits per heavy atom. The van der Waals surface area contributed by atoms with Crippen LogP contribution in [-0.4, -0.2) is 13.1 Å². The van der Waals surface area contributed by atoms with E-state index in [1.54, 1.807) is 7.05 Å². The summed E-state index contributed by atoms with van der Waals surface area (Å²) >= 11 is 2.20. The molecule has 3 nitrogen and oxygen atoms in total. The van der Waals surface area contributed by atoms with Gasteiger partial charge in [0, 0.05) is 16.3 Å². The van der Waals surface area contributed by atoms with Crippen molar-refractivity contribution in [3.05, 3.63) is 34.9 Å². The molecule has 4 heteroatoms. The van der Waals surface area contributed by atoms with Crippen molar-refractivity contribution in [1.29, 1.82) is 0 Å². The van der Waals surface area contributed by atoms with E-state index < -0.39 is 6.09 Å². The lowest BCUT2D eigenvalue weighted by Gasteiger charge is -2.14. The van der Waals surface area contributed by atoms with Gasteiger partial charge in [-0.15, -0.1) is 0 Å². The van der Waals surface area contributed by atoms with Crippen molar-refractivity contribution >= 4 is 34.4 Å². The molecule has 0 heterocycles. The molecule has 1 aromatic carbocycles. The van der Waals surface area contributed by atoms with E-state index in [4.69, 9.17) is 0 Å². The molecule has 1 rings (SSSR count). The van der Waals surface area contributed by atoms with Crippen LogP contribution in [0.3, 0.4) is 0 Å². The molecule has 0 aliphatic rings. The molecule has 0 N–H and O–H groups in total. The largest absolute Gasteiger partial charge is 0.446 e. The predicted octanol–water partition coefficient (Wildman–Crippen LogP) is 2.66. The number of nitrogens with zero attached hydrogens (tertiary/aromatic N) is 1. The van der Waals surface area contributed by atoms with Gasteiger partial charge in [0.1, 0.15) is 7.11 Å². The second kappa shape index (κ2) is 4.45. The number of amides is 1. The van der Waals surface area contributed by atoms with Gasteiger partial charge in [0.05, 0.1) is 0 Å². The van der Waals surface area contributed by atoms with Crippen LogP contribution in [0.4, 0.5) is 10.5 Å². The minimum atomic E-state index is -0.471. The average molecular weight is 290 g/mol. The van der Waals surface area contributed by atoms with Gasteiger partial charge >= 0.3 is 6.09 Å². The SMILES string of the molecule is [CH2]OC(=O)N(C)c1ccc(I)cc1. The Morgan fingerprint density at radius 2 is 2.00 bits per heavy atom. The van der Waals surface area contributed by atoms with E-state index in [0.29, 0.717) is 0 Å². The normalized spacial score (nSPS) is 9.46. The molecule has 0 saturated carbocycles. The summed E-state index contributed by atoms with van der Waals surface area (Å²) in [7, 11) is 4.69. The van der Waals surface area contributed by atoms with Crippen LogP contribution in [-0.2, 0) is 4.74 Å². The molecular formula is C9H9INO2. The van der Waals surface area contributed by atoms with Crippen molar-refractivity contribution in [2.45, 2.75) is 0 Å². The lowest BCUT2D eigenvalue weighted by atomic mass is 10.3. The van der Waals surface area contributed by atoms with Crippen molar-refractivity contribution in [3.63, 3.8) is 0 Å². The van der Waals surface area contributed by atoms with Crippen LogP contribution in [0.2, 0.25) is 0 Å². The molecule has 0 aliphatic carbocycles. The highest BCUT2D eigenvalue weighted by Gasteiger charge is 2.09. The Hall–Kier alpha value is -0.780. The summed E-state index contributed by atoms with van der Waals surface area (Å²) in [4.78, 5) is 12.4. The molecule has 0 aromatic heterocycles. The Kier molecular flexibility index (Phi) is 3.53. The molecule has 0 unspecified atom stereocenters. The summed E-state index contributed by atoms with van der Waals surface area (Å²) < 4.78 is 5.45. The second-order valence-electron chi connectivity index (χ2n) is 2.45. The molecule has 0 bridgehead atoms. The molecule has 1 aromatic rings. The van der Waals surface area contributed by atoms with Gasteiger partial charge in [0.15, 0.2) is 0 Å². The maximum Gasteiger partial charge on any atom is 0.414 e. The van der Waals surface area contributed by atoms with E-state index in [1.165, 1.54) is 4.90 Å². The second-order valence-corrected chi connectivity index (χ2v) is 3.69. The van der Waals surface area contributed by atoms with E-state index in [9.17, 15) is 4.79 Å². The number of hydrogen-bond acceptors (Lipinski definition) is 2. The van der Waals surface area contributed by atoms with Gasteiger partial charge in [-0.1, -0.05) is 0 Å². The van der Waals surface area contributed by atoms with E-state index in [-0.39, 0.29) is 0 Å². The summed E-state index contributed by atoms with van der Waals surface area (Å²) in [5.74, 6) is 0. The zero-order chi connectivity index (χ0) is 9.84. The van der Waals surface area contributed by atoms with E-state index in [0.717, 1.165) is 9.26 Å². The van der Waals surface area contributed by atoms with Crippen LogP contribution in [0, 0.1) is 10.7 Å². The average Bonchev–Trinajstić information content (AvgIpc) is 2.17.